The molecule has 0 bridgehead atoms. The molecule has 16 heavy (non-hydrogen) atoms. The molecular weight excluding hydrogens is 224 g/mol. The fourth-order valence-corrected chi connectivity index (χ4v) is 1.46. The third kappa shape index (κ3) is 11.2. The van der Waals surface area contributed by atoms with Gasteiger partial charge in [0.05, 0.1) is 6.42 Å². The van der Waals surface area contributed by atoms with Gasteiger partial charge in [0.1, 0.15) is 6.11 Å². The van der Waals surface area contributed by atoms with E-state index in [9.17, 15) is 4.79 Å². The lowest BCUT2D eigenvalue weighted by molar-refractivity contribution is -0.136. The molecule has 0 saturated heterocycles. The third-order valence-corrected chi connectivity index (χ3v) is 2.45. The van der Waals surface area contributed by atoms with Crippen LogP contribution in [-0.2, 0) is 14.0 Å². The van der Waals surface area contributed by atoms with Gasteiger partial charge < -0.3 is 19.8 Å². The Morgan fingerprint density at radius 3 is 2.62 bits per heavy atom. The number of hydrogen-bond donors (Lipinski definition) is 2. The maximum Gasteiger partial charge on any atom is 0.321 e. The summed E-state index contributed by atoms with van der Waals surface area (Å²) in [5, 5.41) is 6.35. The normalized spacial score (nSPS) is 9.75. The molecule has 0 saturated carbocycles. The molecular formula is C10H18N2O3Si. The number of carbonyl (C=O) groups is 1. The molecule has 0 spiro atoms. The van der Waals surface area contributed by atoms with Crippen molar-refractivity contribution < 1.29 is 14.0 Å². The average molecular weight is 242 g/mol. The molecule has 0 aliphatic rings. The molecule has 0 atom stereocenters. The lowest BCUT2D eigenvalue weighted by atomic mass is 10.4. The summed E-state index contributed by atoms with van der Waals surface area (Å²) < 4.78 is 9.28. The van der Waals surface area contributed by atoms with E-state index in [1.54, 1.807) is 7.11 Å². The van der Waals surface area contributed by atoms with E-state index in [2.05, 4.69) is 15.4 Å². The number of hydrogen-bond acceptors (Lipinski definition) is 5. The van der Waals surface area contributed by atoms with Gasteiger partial charge in [-0.1, -0.05) is 6.42 Å². The van der Waals surface area contributed by atoms with Gasteiger partial charge in [0.25, 0.3) is 0 Å². The maximum atomic E-state index is 10.8. The highest BCUT2D eigenvalue weighted by molar-refractivity contribution is 6.27. The van der Waals surface area contributed by atoms with E-state index in [4.69, 9.17) is 10.8 Å². The quantitative estimate of drug-likeness (QED) is 0.231. The molecule has 2 radical (unpaired) electrons. The van der Waals surface area contributed by atoms with Crippen molar-refractivity contribution in [1.29, 1.82) is 0 Å². The average Bonchev–Trinajstić information content (AvgIpc) is 2.27. The highest BCUT2D eigenvalue weighted by atomic mass is 28.2. The first-order chi connectivity index (χ1) is 7.81. The Kier molecular flexibility index (Phi) is 11.5. The SMILES string of the molecule is C#COC(=O)CCNCCNCC[Si]OC. The van der Waals surface area contributed by atoms with Crippen molar-refractivity contribution in [3.63, 3.8) is 0 Å². The number of esters is 1. The van der Waals surface area contributed by atoms with Crippen LogP contribution in [0.4, 0.5) is 0 Å². The summed E-state index contributed by atoms with van der Waals surface area (Å²) in [6.45, 7) is 3.23. The second-order valence-corrected chi connectivity index (χ2v) is 4.14. The lowest BCUT2D eigenvalue weighted by Gasteiger charge is -2.05. The van der Waals surface area contributed by atoms with Crippen LogP contribution in [0.3, 0.4) is 0 Å². The zero-order chi connectivity index (χ0) is 12.1. The molecule has 0 aromatic rings. The Morgan fingerprint density at radius 1 is 1.31 bits per heavy atom. The summed E-state index contributed by atoms with van der Waals surface area (Å²) >= 11 is 0. The van der Waals surface area contributed by atoms with Crippen molar-refractivity contribution in [2.24, 2.45) is 0 Å². The van der Waals surface area contributed by atoms with Crippen LogP contribution >= 0.6 is 0 Å². The first-order valence-corrected chi connectivity index (χ1v) is 6.25. The Morgan fingerprint density at radius 2 is 2.00 bits per heavy atom. The highest BCUT2D eigenvalue weighted by Crippen LogP contribution is 1.82. The van der Waals surface area contributed by atoms with Gasteiger partial charge >= 0.3 is 5.97 Å². The summed E-state index contributed by atoms with van der Waals surface area (Å²) in [6.07, 6.45) is 6.95. The first-order valence-electron chi connectivity index (χ1n) is 5.13. The summed E-state index contributed by atoms with van der Waals surface area (Å²) in [7, 11) is 2.26. The second-order valence-electron chi connectivity index (χ2n) is 2.94. The van der Waals surface area contributed by atoms with E-state index in [-0.39, 0.29) is 5.97 Å². The molecule has 0 heterocycles. The van der Waals surface area contributed by atoms with E-state index in [1.807, 2.05) is 6.11 Å². The van der Waals surface area contributed by atoms with Crippen LogP contribution in [-0.4, -0.2) is 49.0 Å². The molecule has 5 nitrogen and oxygen atoms in total. The van der Waals surface area contributed by atoms with Crippen LogP contribution in [0.15, 0.2) is 0 Å². The van der Waals surface area contributed by atoms with Gasteiger partial charge in [0.2, 0.25) is 9.76 Å². The standard InChI is InChI=1S/C10H18N2O3Si/c1-3-15-10(13)4-5-11-6-7-12-8-9-16-14-2/h1,11-12H,4-9H2,2H3. The molecule has 0 aliphatic carbocycles. The van der Waals surface area contributed by atoms with E-state index in [1.165, 1.54) is 0 Å². The Labute approximate surface area is 99.2 Å². The number of ether oxygens (including phenoxy) is 1. The Hall–Kier alpha value is -0.873. The third-order valence-electron chi connectivity index (χ3n) is 1.71. The zero-order valence-corrected chi connectivity index (χ0v) is 10.5. The molecule has 0 aromatic heterocycles. The lowest BCUT2D eigenvalue weighted by Crippen LogP contribution is -2.29. The largest absolute Gasteiger partial charge is 0.421 e. The van der Waals surface area contributed by atoms with E-state index in [0.717, 1.165) is 25.7 Å². The minimum atomic E-state index is -0.371. The highest BCUT2D eigenvalue weighted by Gasteiger charge is 1.99. The van der Waals surface area contributed by atoms with Gasteiger partial charge in [-0.2, -0.15) is 0 Å². The predicted molar refractivity (Wildman–Crippen MR) is 62.9 cm³/mol. The number of nitrogens with one attached hydrogen (secondary N) is 2. The molecule has 0 aliphatic heterocycles. The van der Waals surface area contributed by atoms with Gasteiger partial charge in [-0.15, -0.1) is 0 Å². The van der Waals surface area contributed by atoms with Crippen molar-refractivity contribution in [1.82, 2.24) is 10.6 Å². The fourth-order valence-electron chi connectivity index (χ4n) is 0.975. The van der Waals surface area contributed by atoms with Gasteiger partial charge in [0, 0.05) is 26.7 Å². The smallest absolute Gasteiger partial charge is 0.321 e. The summed E-state index contributed by atoms with van der Waals surface area (Å²) in [5.41, 5.74) is 0. The van der Waals surface area contributed by atoms with Gasteiger partial charge in [-0.3, -0.25) is 4.79 Å². The Bertz CT molecular complexity index is 219. The summed E-state index contributed by atoms with van der Waals surface area (Å²) in [6, 6.07) is 1.03. The number of rotatable bonds is 10. The van der Waals surface area contributed by atoms with Gasteiger partial charge in [-0.25, -0.2) is 0 Å². The molecule has 0 aromatic carbocycles. The molecule has 6 heteroatoms. The minimum absolute atomic E-state index is 0.301. The van der Waals surface area contributed by atoms with E-state index in [0.29, 0.717) is 22.7 Å². The van der Waals surface area contributed by atoms with Crippen LogP contribution in [0.2, 0.25) is 6.04 Å². The molecule has 0 amide bonds. The van der Waals surface area contributed by atoms with Crippen molar-refractivity contribution in [2.75, 3.05) is 33.3 Å². The van der Waals surface area contributed by atoms with Crippen molar-refractivity contribution in [3.8, 4) is 12.5 Å². The molecule has 90 valence electrons. The molecule has 0 fully saturated rings. The van der Waals surface area contributed by atoms with Gasteiger partial charge in [-0.05, 0) is 12.6 Å². The second kappa shape index (κ2) is 12.2. The Balaban J connectivity index is 3.04. The maximum absolute atomic E-state index is 10.8. The first kappa shape index (κ1) is 15.1. The van der Waals surface area contributed by atoms with Gasteiger partial charge in [0.15, 0.2) is 0 Å². The summed E-state index contributed by atoms with van der Waals surface area (Å²) in [4.78, 5) is 10.8. The summed E-state index contributed by atoms with van der Waals surface area (Å²) in [5.74, 6) is -0.371. The monoisotopic (exact) mass is 242 g/mol. The van der Waals surface area contributed by atoms with Crippen LogP contribution in [0.5, 0.6) is 0 Å². The van der Waals surface area contributed by atoms with Crippen LogP contribution < -0.4 is 10.6 Å². The number of carbonyl (C=O) groups excluding carboxylic acids is 1. The molecule has 0 unspecified atom stereocenters. The van der Waals surface area contributed by atoms with Crippen molar-refractivity contribution in [3.05, 3.63) is 0 Å². The molecule has 0 rings (SSSR count). The molecule has 2 N–H and O–H groups in total. The van der Waals surface area contributed by atoms with Crippen LogP contribution in [0, 0.1) is 12.5 Å². The van der Waals surface area contributed by atoms with E-state index < -0.39 is 0 Å². The fraction of sp³-hybridized carbons (Fsp3) is 0.700. The predicted octanol–water partition coefficient (Wildman–Crippen LogP) is -0.626. The van der Waals surface area contributed by atoms with Crippen LogP contribution in [0.25, 0.3) is 0 Å². The van der Waals surface area contributed by atoms with E-state index >= 15 is 0 Å². The van der Waals surface area contributed by atoms with Crippen molar-refractivity contribution in [2.45, 2.75) is 12.5 Å². The van der Waals surface area contributed by atoms with Crippen molar-refractivity contribution >= 4 is 15.7 Å². The number of terminal acetylenes is 1. The van der Waals surface area contributed by atoms with Crippen LogP contribution in [0.1, 0.15) is 6.42 Å². The minimum Gasteiger partial charge on any atom is -0.421 e. The topological polar surface area (TPSA) is 59.6 Å². The zero-order valence-electron chi connectivity index (χ0n) is 9.54.